The molecular weight excluding hydrogens is 577 g/mol. The SMILES string of the molecule is Nc1ncnc2c1c(-c1ccc(Oc3ccccc3)cc1)nn2C1CCN(Cc2c(F)cncc2N2CCC(=O)NC2=O)CC1. The number of rotatable bonds is 7. The Morgan fingerprint density at radius 2 is 1.71 bits per heavy atom. The van der Waals surface area contributed by atoms with E-state index < -0.39 is 11.8 Å². The number of nitrogen functional groups attached to an aromatic ring is 1. The van der Waals surface area contributed by atoms with Crippen molar-refractivity contribution < 1.29 is 18.7 Å². The van der Waals surface area contributed by atoms with Crippen molar-refractivity contribution in [2.75, 3.05) is 30.3 Å². The van der Waals surface area contributed by atoms with Gasteiger partial charge in [0.05, 0.1) is 29.5 Å². The number of hydrogen-bond donors (Lipinski definition) is 2. The molecule has 0 unspecified atom stereocenters. The summed E-state index contributed by atoms with van der Waals surface area (Å²) in [7, 11) is 0. The van der Waals surface area contributed by atoms with E-state index >= 15 is 4.39 Å². The standard InChI is InChI=1S/C32H30FN9O3/c33-25-16-35-17-26(41-15-12-27(43)38-32(41)44)24(25)18-40-13-10-21(11-14-40)42-31-28(30(34)36-19-37-31)29(39-42)20-6-8-23(9-7-20)45-22-4-2-1-3-5-22/h1-9,16-17,19,21H,10-15,18H2,(H2,34,36,37)(H,38,43,44). The van der Waals surface area contributed by atoms with Gasteiger partial charge in [-0.05, 0) is 49.2 Å². The average molecular weight is 608 g/mol. The summed E-state index contributed by atoms with van der Waals surface area (Å²) in [5.41, 5.74) is 9.32. The second kappa shape index (κ2) is 11.9. The fourth-order valence-electron chi connectivity index (χ4n) is 5.94. The highest BCUT2D eigenvalue weighted by Gasteiger charge is 2.30. The molecule has 3 N–H and O–H groups in total. The normalized spacial score (nSPS) is 16.2. The summed E-state index contributed by atoms with van der Waals surface area (Å²) >= 11 is 0. The van der Waals surface area contributed by atoms with Crippen LogP contribution in [0.4, 0.5) is 20.7 Å². The summed E-state index contributed by atoms with van der Waals surface area (Å²) in [6.07, 6.45) is 5.70. The van der Waals surface area contributed by atoms with Crippen LogP contribution in [0, 0.1) is 5.82 Å². The summed E-state index contributed by atoms with van der Waals surface area (Å²) < 4.78 is 22.9. The van der Waals surface area contributed by atoms with Crippen LogP contribution in [-0.4, -0.2) is 61.2 Å². The van der Waals surface area contributed by atoms with Crippen LogP contribution in [0.25, 0.3) is 22.3 Å². The third-order valence-corrected chi connectivity index (χ3v) is 8.24. The Kier molecular flexibility index (Phi) is 7.51. The number of nitrogens with two attached hydrogens (primary N) is 1. The smallest absolute Gasteiger partial charge is 0.328 e. The highest BCUT2D eigenvalue weighted by molar-refractivity contribution is 6.05. The van der Waals surface area contributed by atoms with Gasteiger partial charge >= 0.3 is 6.03 Å². The Hall–Kier alpha value is -5.43. The zero-order valence-electron chi connectivity index (χ0n) is 24.3. The highest BCUT2D eigenvalue weighted by atomic mass is 19.1. The number of pyridine rings is 1. The van der Waals surface area contributed by atoms with Gasteiger partial charge in [0.2, 0.25) is 5.91 Å². The first-order valence-corrected chi connectivity index (χ1v) is 14.7. The van der Waals surface area contributed by atoms with Crippen molar-refractivity contribution in [1.82, 2.24) is 34.9 Å². The maximum atomic E-state index is 15.1. The summed E-state index contributed by atoms with van der Waals surface area (Å²) in [6.45, 7) is 1.80. The fourth-order valence-corrected chi connectivity index (χ4v) is 5.94. The first kappa shape index (κ1) is 28.3. The number of carbonyl (C=O) groups excluding carboxylic acids is 2. The fraction of sp³-hybridized carbons (Fsp3) is 0.250. The second-order valence-corrected chi connectivity index (χ2v) is 11.1. The van der Waals surface area contributed by atoms with E-state index in [9.17, 15) is 9.59 Å². The van der Waals surface area contributed by atoms with Crippen molar-refractivity contribution in [1.29, 1.82) is 0 Å². The van der Waals surface area contributed by atoms with Gasteiger partial charge in [0, 0.05) is 43.7 Å². The molecule has 2 aliphatic rings. The molecule has 0 bridgehead atoms. The maximum absolute atomic E-state index is 15.1. The van der Waals surface area contributed by atoms with Crippen molar-refractivity contribution >= 4 is 34.5 Å². The predicted octanol–water partition coefficient (Wildman–Crippen LogP) is 4.69. The molecule has 5 aromatic rings. The van der Waals surface area contributed by atoms with Gasteiger partial charge in [0.15, 0.2) is 5.65 Å². The van der Waals surface area contributed by atoms with E-state index in [0.29, 0.717) is 59.2 Å². The Morgan fingerprint density at radius 3 is 2.47 bits per heavy atom. The number of hydrogen-bond acceptors (Lipinski definition) is 9. The highest BCUT2D eigenvalue weighted by Crippen LogP contribution is 2.36. The number of likely N-dealkylation sites (tertiary alicyclic amines) is 1. The van der Waals surface area contributed by atoms with Gasteiger partial charge in [0.1, 0.15) is 35.2 Å². The van der Waals surface area contributed by atoms with E-state index in [1.54, 1.807) is 0 Å². The molecule has 228 valence electrons. The zero-order valence-corrected chi connectivity index (χ0v) is 24.3. The predicted molar refractivity (Wildman–Crippen MR) is 165 cm³/mol. The molecule has 2 aromatic carbocycles. The van der Waals surface area contributed by atoms with Crippen molar-refractivity contribution in [2.24, 2.45) is 0 Å². The summed E-state index contributed by atoms with van der Waals surface area (Å²) in [5, 5.41) is 7.99. The lowest BCUT2D eigenvalue weighted by Crippen LogP contribution is -2.50. The monoisotopic (exact) mass is 607 g/mol. The molecule has 45 heavy (non-hydrogen) atoms. The molecule has 0 spiro atoms. The van der Waals surface area contributed by atoms with E-state index in [1.807, 2.05) is 59.3 Å². The second-order valence-electron chi connectivity index (χ2n) is 11.1. The number of fused-ring (bicyclic) bond motifs is 1. The number of aromatic nitrogens is 5. The number of imide groups is 1. The first-order valence-electron chi connectivity index (χ1n) is 14.7. The molecule has 12 nitrogen and oxygen atoms in total. The molecule has 3 amide bonds. The van der Waals surface area contributed by atoms with Gasteiger partial charge in [-0.15, -0.1) is 0 Å². The molecule has 0 atom stereocenters. The summed E-state index contributed by atoms with van der Waals surface area (Å²) in [4.78, 5) is 40.4. The molecule has 2 saturated heterocycles. The largest absolute Gasteiger partial charge is 0.457 e. The molecule has 0 radical (unpaired) electrons. The van der Waals surface area contributed by atoms with Crippen LogP contribution in [-0.2, 0) is 11.3 Å². The van der Waals surface area contributed by atoms with E-state index in [-0.39, 0.29) is 24.9 Å². The first-order chi connectivity index (χ1) is 21.9. The van der Waals surface area contributed by atoms with Crippen LogP contribution < -0.4 is 20.7 Å². The number of anilines is 2. The number of piperidine rings is 1. The number of amides is 3. The van der Waals surface area contributed by atoms with Gasteiger partial charge < -0.3 is 10.5 Å². The van der Waals surface area contributed by atoms with Crippen LogP contribution in [0.3, 0.4) is 0 Å². The van der Waals surface area contributed by atoms with Crippen molar-refractivity contribution in [3.8, 4) is 22.8 Å². The Bertz CT molecular complexity index is 1870. The number of urea groups is 1. The zero-order chi connectivity index (χ0) is 30.9. The topological polar surface area (TPSA) is 144 Å². The van der Waals surface area contributed by atoms with Crippen LogP contribution in [0.2, 0.25) is 0 Å². The molecule has 0 aliphatic carbocycles. The lowest BCUT2D eigenvalue weighted by Gasteiger charge is -2.34. The number of halogens is 1. The number of benzene rings is 2. The minimum Gasteiger partial charge on any atom is -0.457 e. The molecule has 2 fully saturated rings. The minimum atomic E-state index is -0.570. The van der Waals surface area contributed by atoms with Crippen molar-refractivity contribution in [2.45, 2.75) is 31.8 Å². The molecule has 5 heterocycles. The molecular formula is C32H30FN9O3. The van der Waals surface area contributed by atoms with Crippen LogP contribution in [0.1, 0.15) is 30.9 Å². The van der Waals surface area contributed by atoms with Crippen LogP contribution >= 0.6 is 0 Å². The van der Waals surface area contributed by atoms with Gasteiger partial charge in [-0.2, -0.15) is 5.10 Å². The van der Waals surface area contributed by atoms with Gasteiger partial charge in [0.25, 0.3) is 0 Å². The Balaban J connectivity index is 1.09. The number of nitrogens with one attached hydrogen (secondary N) is 1. The maximum Gasteiger partial charge on any atom is 0.328 e. The van der Waals surface area contributed by atoms with E-state index in [1.165, 1.54) is 17.4 Å². The third kappa shape index (κ3) is 5.65. The quantitative estimate of drug-likeness (QED) is 0.269. The Morgan fingerprint density at radius 1 is 0.956 bits per heavy atom. The van der Waals surface area contributed by atoms with Crippen LogP contribution in [0.15, 0.2) is 73.3 Å². The molecule has 0 saturated carbocycles. The summed E-state index contributed by atoms with van der Waals surface area (Å²) in [6, 6.07) is 16.7. The average Bonchev–Trinajstić information content (AvgIpc) is 3.44. The Labute approximate surface area is 257 Å². The number of nitrogens with zero attached hydrogens (tertiary/aromatic N) is 7. The van der Waals surface area contributed by atoms with E-state index in [2.05, 4.69) is 25.2 Å². The van der Waals surface area contributed by atoms with E-state index in [0.717, 1.165) is 30.4 Å². The summed E-state index contributed by atoms with van der Waals surface area (Å²) in [5.74, 6) is 0.968. The molecule has 13 heteroatoms. The van der Waals surface area contributed by atoms with E-state index in [4.69, 9.17) is 15.6 Å². The van der Waals surface area contributed by atoms with Gasteiger partial charge in [-0.25, -0.2) is 23.8 Å². The lowest BCUT2D eigenvalue weighted by atomic mass is 10.0. The number of ether oxygens (including phenoxy) is 1. The van der Waals surface area contributed by atoms with Crippen LogP contribution in [0.5, 0.6) is 11.5 Å². The molecule has 7 rings (SSSR count). The number of carbonyl (C=O) groups is 2. The molecule has 3 aromatic heterocycles. The number of para-hydroxylation sites is 1. The molecule has 2 aliphatic heterocycles. The lowest BCUT2D eigenvalue weighted by molar-refractivity contribution is -0.120. The van der Waals surface area contributed by atoms with Gasteiger partial charge in [-0.1, -0.05) is 18.2 Å². The third-order valence-electron chi connectivity index (χ3n) is 8.24. The van der Waals surface area contributed by atoms with Crippen molar-refractivity contribution in [3.63, 3.8) is 0 Å². The van der Waals surface area contributed by atoms with Crippen molar-refractivity contribution in [3.05, 3.63) is 84.7 Å². The minimum absolute atomic E-state index is 0.0353. The van der Waals surface area contributed by atoms with Gasteiger partial charge in [-0.3, -0.25) is 24.9 Å².